The number of nitrogens with one attached hydrogen (secondary N) is 2. The normalized spacial score (nSPS) is 12.1. The Morgan fingerprint density at radius 2 is 1.79 bits per heavy atom. The van der Waals surface area contributed by atoms with E-state index in [1.807, 2.05) is 55.6 Å². The molecular weight excluding hydrogens is 436 g/mol. The van der Waals surface area contributed by atoms with Crippen LogP contribution in [0.3, 0.4) is 0 Å². The van der Waals surface area contributed by atoms with Crippen molar-refractivity contribution in [2.45, 2.75) is 26.3 Å². The van der Waals surface area contributed by atoms with E-state index < -0.39 is 5.91 Å². The maximum absolute atomic E-state index is 13.3. The number of ether oxygens (including phenoxy) is 2. The Balaban J connectivity index is 1.87. The zero-order valence-corrected chi connectivity index (χ0v) is 20.0. The molecule has 33 heavy (non-hydrogen) atoms. The molecule has 2 amide bonds. The van der Waals surface area contributed by atoms with Crippen LogP contribution in [0.4, 0.5) is 0 Å². The molecule has 2 N–H and O–H groups in total. The number of benzene rings is 2. The van der Waals surface area contributed by atoms with Crippen molar-refractivity contribution in [2.24, 2.45) is 0 Å². The predicted octanol–water partition coefficient (Wildman–Crippen LogP) is 5.11. The summed E-state index contributed by atoms with van der Waals surface area (Å²) in [6.45, 7) is 4.04. The largest absolute Gasteiger partial charge is 0.493 e. The molecular formula is C26H28N2O4S. The van der Waals surface area contributed by atoms with Crippen molar-refractivity contribution in [2.75, 3.05) is 14.2 Å². The van der Waals surface area contributed by atoms with Crippen molar-refractivity contribution >= 4 is 29.2 Å². The van der Waals surface area contributed by atoms with E-state index in [0.717, 1.165) is 16.0 Å². The fourth-order valence-corrected chi connectivity index (χ4v) is 4.12. The summed E-state index contributed by atoms with van der Waals surface area (Å²) in [6.07, 6.45) is 2.40. The van der Waals surface area contributed by atoms with Gasteiger partial charge in [0.05, 0.1) is 20.3 Å². The van der Waals surface area contributed by atoms with Gasteiger partial charge in [0.25, 0.3) is 11.8 Å². The molecule has 0 aliphatic carbocycles. The van der Waals surface area contributed by atoms with E-state index in [1.165, 1.54) is 25.6 Å². The molecule has 1 unspecified atom stereocenters. The molecule has 0 aliphatic heterocycles. The van der Waals surface area contributed by atoms with Crippen molar-refractivity contribution in [1.29, 1.82) is 0 Å². The molecule has 0 aliphatic rings. The molecule has 0 spiro atoms. The summed E-state index contributed by atoms with van der Waals surface area (Å²) in [5.74, 6) is 0.180. The van der Waals surface area contributed by atoms with Crippen LogP contribution >= 0.6 is 11.3 Å². The molecule has 0 saturated heterocycles. The molecule has 7 heteroatoms. The van der Waals surface area contributed by atoms with Gasteiger partial charge < -0.3 is 20.1 Å². The summed E-state index contributed by atoms with van der Waals surface area (Å²) < 4.78 is 10.5. The quantitative estimate of drug-likeness (QED) is 0.432. The van der Waals surface area contributed by atoms with E-state index in [-0.39, 0.29) is 17.6 Å². The first-order valence-corrected chi connectivity index (χ1v) is 11.5. The molecule has 0 fully saturated rings. The van der Waals surface area contributed by atoms with Gasteiger partial charge >= 0.3 is 0 Å². The lowest BCUT2D eigenvalue weighted by molar-refractivity contribution is -0.118. The van der Waals surface area contributed by atoms with Crippen LogP contribution < -0.4 is 20.1 Å². The van der Waals surface area contributed by atoms with Crippen molar-refractivity contribution in [3.05, 3.63) is 87.2 Å². The molecule has 172 valence electrons. The Morgan fingerprint density at radius 1 is 1.03 bits per heavy atom. The molecule has 1 heterocycles. The Labute approximate surface area is 198 Å². The van der Waals surface area contributed by atoms with E-state index in [9.17, 15) is 9.59 Å². The minimum Gasteiger partial charge on any atom is -0.493 e. The molecule has 0 radical (unpaired) electrons. The number of thiophene rings is 1. The number of amides is 2. The summed E-state index contributed by atoms with van der Waals surface area (Å²) in [4.78, 5) is 27.1. The maximum Gasteiger partial charge on any atom is 0.268 e. The fourth-order valence-electron chi connectivity index (χ4n) is 3.46. The third-order valence-electron chi connectivity index (χ3n) is 5.25. The van der Waals surface area contributed by atoms with Gasteiger partial charge in [-0.2, -0.15) is 0 Å². The van der Waals surface area contributed by atoms with Gasteiger partial charge in [0.1, 0.15) is 5.70 Å². The number of carbonyl (C=O) groups is 2. The Morgan fingerprint density at radius 3 is 2.42 bits per heavy atom. The van der Waals surface area contributed by atoms with Crippen molar-refractivity contribution in [1.82, 2.24) is 10.6 Å². The van der Waals surface area contributed by atoms with Crippen LogP contribution in [0, 0.1) is 6.92 Å². The van der Waals surface area contributed by atoms with Gasteiger partial charge in [0.15, 0.2) is 11.5 Å². The highest BCUT2D eigenvalue weighted by atomic mass is 32.1. The monoisotopic (exact) mass is 464 g/mol. The topological polar surface area (TPSA) is 76.7 Å². The van der Waals surface area contributed by atoms with Crippen LogP contribution in [0.25, 0.3) is 6.08 Å². The highest BCUT2D eigenvalue weighted by molar-refractivity contribution is 7.10. The average Bonchev–Trinajstić information content (AvgIpc) is 3.35. The van der Waals surface area contributed by atoms with Crippen LogP contribution in [0.5, 0.6) is 11.5 Å². The first-order valence-electron chi connectivity index (χ1n) is 10.6. The van der Waals surface area contributed by atoms with E-state index in [4.69, 9.17) is 9.47 Å². The summed E-state index contributed by atoms with van der Waals surface area (Å²) in [6, 6.07) is 16.4. The first-order chi connectivity index (χ1) is 16.0. The fraction of sp³-hybridized carbons (Fsp3) is 0.231. The average molecular weight is 465 g/mol. The number of hydrogen-bond donors (Lipinski definition) is 2. The van der Waals surface area contributed by atoms with Crippen molar-refractivity contribution < 1.29 is 19.1 Å². The Hall–Kier alpha value is -3.58. The second kappa shape index (κ2) is 11.3. The van der Waals surface area contributed by atoms with Gasteiger partial charge in [-0.1, -0.05) is 37.3 Å². The lowest BCUT2D eigenvalue weighted by Crippen LogP contribution is -2.37. The third-order valence-corrected chi connectivity index (χ3v) is 6.07. The second-order valence-electron chi connectivity index (χ2n) is 7.39. The van der Waals surface area contributed by atoms with Gasteiger partial charge in [0, 0.05) is 10.4 Å². The van der Waals surface area contributed by atoms with Gasteiger partial charge in [-0.3, -0.25) is 9.59 Å². The Bertz CT molecular complexity index is 1140. The minimum atomic E-state index is -0.419. The second-order valence-corrected chi connectivity index (χ2v) is 8.37. The molecule has 3 aromatic rings. The van der Waals surface area contributed by atoms with Crippen LogP contribution in [-0.4, -0.2) is 26.0 Å². The number of rotatable bonds is 9. The molecule has 0 saturated carbocycles. The van der Waals surface area contributed by atoms with Crippen molar-refractivity contribution in [3.63, 3.8) is 0 Å². The lowest BCUT2D eigenvalue weighted by atomic mass is 9.99. The number of aryl methyl sites for hydroxylation is 1. The van der Waals surface area contributed by atoms with Crippen LogP contribution in [0.15, 0.2) is 65.7 Å². The molecule has 1 atom stereocenters. The Kier molecular flexibility index (Phi) is 8.27. The predicted molar refractivity (Wildman–Crippen MR) is 132 cm³/mol. The van der Waals surface area contributed by atoms with Gasteiger partial charge in [-0.05, 0) is 60.2 Å². The molecule has 3 rings (SSSR count). The highest BCUT2D eigenvalue weighted by Gasteiger charge is 2.20. The summed E-state index contributed by atoms with van der Waals surface area (Å²) in [7, 11) is 3.04. The molecule has 0 bridgehead atoms. The SMILES string of the molecule is CCC(NC(=O)/C(=C/c1cccs1)NC(=O)c1ccc(OC)c(OC)c1)c1ccccc1C. The van der Waals surface area contributed by atoms with Crippen LogP contribution in [0.1, 0.15) is 45.7 Å². The summed E-state index contributed by atoms with van der Waals surface area (Å²) >= 11 is 1.48. The first kappa shape index (κ1) is 24.1. The number of methoxy groups -OCH3 is 2. The molecule has 1 aromatic heterocycles. The number of hydrogen-bond acceptors (Lipinski definition) is 5. The summed E-state index contributed by atoms with van der Waals surface area (Å²) in [5, 5.41) is 7.76. The lowest BCUT2D eigenvalue weighted by Gasteiger charge is -2.21. The standard InChI is InChI=1S/C26H28N2O4S/c1-5-21(20-11-7-6-9-17(20)2)27-26(30)22(16-19-10-8-14-33-19)28-25(29)18-12-13-23(31-3)24(15-18)32-4/h6-16,21H,5H2,1-4H3,(H,27,30)(H,28,29)/b22-16-. The third kappa shape index (κ3) is 6.02. The van der Waals surface area contributed by atoms with Crippen molar-refractivity contribution in [3.8, 4) is 11.5 Å². The summed E-state index contributed by atoms with van der Waals surface area (Å²) in [5.41, 5.74) is 2.67. The highest BCUT2D eigenvalue weighted by Crippen LogP contribution is 2.28. The van der Waals surface area contributed by atoms with Crippen LogP contribution in [0.2, 0.25) is 0 Å². The molecule has 6 nitrogen and oxygen atoms in total. The number of carbonyl (C=O) groups excluding carboxylic acids is 2. The zero-order chi connectivity index (χ0) is 23.8. The van der Waals surface area contributed by atoms with Gasteiger partial charge in [-0.15, -0.1) is 11.3 Å². The van der Waals surface area contributed by atoms with E-state index in [2.05, 4.69) is 10.6 Å². The van der Waals surface area contributed by atoms with E-state index >= 15 is 0 Å². The zero-order valence-electron chi connectivity index (χ0n) is 19.2. The minimum absolute atomic E-state index is 0.171. The molecule has 2 aromatic carbocycles. The van der Waals surface area contributed by atoms with E-state index in [1.54, 1.807) is 24.3 Å². The smallest absolute Gasteiger partial charge is 0.268 e. The van der Waals surface area contributed by atoms with Gasteiger partial charge in [-0.25, -0.2) is 0 Å². The van der Waals surface area contributed by atoms with Gasteiger partial charge in [0.2, 0.25) is 0 Å². The van der Waals surface area contributed by atoms with E-state index in [0.29, 0.717) is 23.5 Å². The maximum atomic E-state index is 13.3. The van der Waals surface area contributed by atoms with Crippen LogP contribution in [-0.2, 0) is 4.79 Å².